The van der Waals surface area contributed by atoms with Gasteiger partial charge in [0.1, 0.15) is 11.8 Å². The van der Waals surface area contributed by atoms with E-state index in [9.17, 15) is 14.4 Å². The summed E-state index contributed by atoms with van der Waals surface area (Å²) >= 11 is 1.27. The molecule has 0 bridgehead atoms. The van der Waals surface area contributed by atoms with Crippen molar-refractivity contribution in [3.05, 3.63) is 41.7 Å². The highest BCUT2D eigenvalue weighted by atomic mass is 32.2. The molecule has 9 heteroatoms. The quantitative estimate of drug-likeness (QED) is 0.338. The van der Waals surface area contributed by atoms with E-state index >= 15 is 0 Å². The lowest BCUT2D eigenvalue weighted by Gasteiger charge is -2.37. The number of amides is 3. The van der Waals surface area contributed by atoms with Crippen LogP contribution in [0.25, 0.3) is 0 Å². The van der Waals surface area contributed by atoms with E-state index < -0.39 is 6.04 Å². The molecule has 3 amide bonds. The number of rotatable bonds is 7. The smallest absolute Gasteiger partial charge is 0.257 e. The molecular weight excluding hydrogens is 452 g/mol. The minimum atomic E-state index is -0.786. The topological polar surface area (TPSA) is 92.7 Å². The Morgan fingerprint density at radius 3 is 2.35 bits per heavy atom. The molecule has 2 aromatic rings. The maximum atomic E-state index is 13.5. The van der Waals surface area contributed by atoms with Crippen molar-refractivity contribution in [1.82, 2.24) is 14.9 Å². The summed E-state index contributed by atoms with van der Waals surface area (Å²) in [5.74, 6) is -0.0212. The van der Waals surface area contributed by atoms with Crippen molar-refractivity contribution in [2.75, 3.05) is 17.8 Å². The summed E-state index contributed by atoms with van der Waals surface area (Å²) in [6.45, 7) is 3.79. The number of benzene rings is 1. The summed E-state index contributed by atoms with van der Waals surface area (Å²) in [4.78, 5) is 51.6. The van der Waals surface area contributed by atoms with Crippen LogP contribution in [-0.4, -0.2) is 57.5 Å². The predicted molar refractivity (Wildman–Crippen MR) is 130 cm³/mol. The third-order valence-electron chi connectivity index (χ3n) is 6.33. The average molecular weight is 483 g/mol. The van der Waals surface area contributed by atoms with Crippen LogP contribution in [0.5, 0.6) is 5.75 Å². The monoisotopic (exact) mass is 482 g/mol. The summed E-state index contributed by atoms with van der Waals surface area (Å²) in [5.41, 5.74) is 2.18. The fourth-order valence-corrected chi connectivity index (χ4v) is 5.60. The summed E-state index contributed by atoms with van der Waals surface area (Å²) in [5, 5.41) is 0.545. The fourth-order valence-electron chi connectivity index (χ4n) is 4.79. The van der Waals surface area contributed by atoms with Gasteiger partial charge in [-0.05, 0) is 57.0 Å². The Hall–Kier alpha value is -2.94. The standard InChI is InChI=1S/C25H30N4O4S/c1-16-13-17(2)27-25(26-16)34-15-23(31)28(18-7-5-4-6-8-18)21-14-22(30)29(24(21)32)19-9-11-20(33-3)12-10-19/h9-13,18,21H,4-8,14-15H2,1-3H3. The number of methoxy groups -OCH3 is 1. The molecule has 1 aromatic carbocycles. The Balaban J connectivity index is 1.55. The first kappa shape index (κ1) is 24.2. The van der Waals surface area contributed by atoms with Crippen LogP contribution in [0, 0.1) is 13.8 Å². The molecule has 0 N–H and O–H groups in total. The first-order chi connectivity index (χ1) is 16.4. The summed E-state index contributed by atoms with van der Waals surface area (Å²) in [7, 11) is 1.56. The zero-order valence-electron chi connectivity index (χ0n) is 19.8. The van der Waals surface area contributed by atoms with Crippen LogP contribution < -0.4 is 9.64 Å². The number of aromatic nitrogens is 2. The molecule has 2 aliphatic rings. The number of thioether (sulfide) groups is 1. The van der Waals surface area contributed by atoms with Crippen LogP contribution >= 0.6 is 11.8 Å². The second kappa shape index (κ2) is 10.5. The lowest BCUT2D eigenvalue weighted by Crippen LogP contribution is -2.52. The van der Waals surface area contributed by atoms with E-state index in [0.29, 0.717) is 16.6 Å². The van der Waals surface area contributed by atoms with Gasteiger partial charge in [0.05, 0.1) is 25.0 Å². The van der Waals surface area contributed by atoms with Crippen LogP contribution in [0.4, 0.5) is 5.69 Å². The first-order valence-electron chi connectivity index (χ1n) is 11.6. The predicted octanol–water partition coefficient (Wildman–Crippen LogP) is 3.69. The Morgan fingerprint density at radius 1 is 1.09 bits per heavy atom. The van der Waals surface area contributed by atoms with E-state index in [2.05, 4.69) is 9.97 Å². The summed E-state index contributed by atoms with van der Waals surface area (Å²) < 4.78 is 5.18. The molecule has 0 radical (unpaired) electrons. The van der Waals surface area contributed by atoms with E-state index in [1.54, 1.807) is 36.3 Å². The number of hydrogen-bond donors (Lipinski definition) is 0. The lowest BCUT2D eigenvalue weighted by atomic mass is 9.92. The molecule has 180 valence electrons. The van der Waals surface area contributed by atoms with Gasteiger partial charge < -0.3 is 9.64 Å². The molecular formula is C25H30N4O4S. The number of anilines is 1. The number of aryl methyl sites for hydroxylation is 2. The van der Waals surface area contributed by atoms with Gasteiger partial charge in [0.2, 0.25) is 11.8 Å². The minimum absolute atomic E-state index is 0.00216. The number of imide groups is 1. The molecule has 2 heterocycles. The van der Waals surface area contributed by atoms with Crippen LogP contribution in [0.15, 0.2) is 35.5 Å². The van der Waals surface area contributed by atoms with Crippen LogP contribution in [0.1, 0.15) is 49.9 Å². The van der Waals surface area contributed by atoms with E-state index in [-0.39, 0.29) is 35.9 Å². The summed E-state index contributed by atoms with van der Waals surface area (Å²) in [6.07, 6.45) is 4.84. The molecule has 1 atom stereocenters. The highest BCUT2D eigenvalue weighted by molar-refractivity contribution is 7.99. The van der Waals surface area contributed by atoms with Crippen molar-refractivity contribution in [3.63, 3.8) is 0 Å². The summed E-state index contributed by atoms with van der Waals surface area (Å²) in [6, 6.07) is 7.87. The minimum Gasteiger partial charge on any atom is -0.497 e. The molecule has 1 aliphatic carbocycles. The molecule has 1 unspecified atom stereocenters. The largest absolute Gasteiger partial charge is 0.497 e. The Bertz CT molecular complexity index is 1050. The number of ether oxygens (including phenoxy) is 1. The van der Waals surface area contributed by atoms with Gasteiger partial charge in [0, 0.05) is 17.4 Å². The van der Waals surface area contributed by atoms with Gasteiger partial charge in [0.15, 0.2) is 5.16 Å². The van der Waals surface area contributed by atoms with E-state index in [4.69, 9.17) is 4.74 Å². The molecule has 4 rings (SSSR count). The van der Waals surface area contributed by atoms with Gasteiger partial charge in [-0.1, -0.05) is 31.0 Å². The van der Waals surface area contributed by atoms with E-state index in [1.165, 1.54) is 16.7 Å². The molecule has 1 aliphatic heterocycles. The zero-order chi connectivity index (χ0) is 24.2. The highest BCUT2D eigenvalue weighted by Crippen LogP contribution is 2.32. The normalized spacial score (nSPS) is 18.9. The Morgan fingerprint density at radius 2 is 1.74 bits per heavy atom. The second-order valence-electron chi connectivity index (χ2n) is 8.80. The van der Waals surface area contributed by atoms with Gasteiger partial charge in [-0.25, -0.2) is 14.9 Å². The van der Waals surface area contributed by atoms with Gasteiger partial charge >= 0.3 is 0 Å². The molecule has 1 saturated heterocycles. The van der Waals surface area contributed by atoms with Crippen molar-refractivity contribution in [2.45, 2.75) is 69.6 Å². The average Bonchev–Trinajstić information content (AvgIpc) is 3.11. The van der Waals surface area contributed by atoms with Crippen LogP contribution in [0.2, 0.25) is 0 Å². The van der Waals surface area contributed by atoms with Crippen molar-refractivity contribution in [2.24, 2.45) is 0 Å². The molecule has 0 spiro atoms. The number of nitrogens with zero attached hydrogens (tertiary/aromatic N) is 4. The number of carbonyl (C=O) groups is 3. The molecule has 1 aromatic heterocycles. The van der Waals surface area contributed by atoms with Crippen molar-refractivity contribution in [3.8, 4) is 5.75 Å². The number of hydrogen-bond acceptors (Lipinski definition) is 7. The van der Waals surface area contributed by atoms with Crippen molar-refractivity contribution >= 4 is 35.2 Å². The molecule has 2 fully saturated rings. The SMILES string of the molecule is COc1ccc(N2C(=O)CC(N(C(=O)CSc3nc(C)cc(C)n3)C3CCCCC3)C2=O)cc1. The van der Waals surface area contributed by atoms with Crippen LogP contribution in [0.3, 0.4) is 0 Å². The van der Waals surface area contributed by atoms with E-state index in [1.807, 2.05) is 19.9 Å². The van der Waals surface area contributed by atoms with Crippen LogP contribution in [-0.2, 0) is 14.4 Å². The highest BCUT2D eigenvalue weighted by Gasteiger charge is 2.46. The molecule has 34 heavy (non-hydrogen) atoms. The fraction of sp³-hybridized carbons (Fsp3) is 0.480. The van der Waals surface area contributed by atoms with Crippen molar-refractivity contribution < 1.29 is 19.1 Å². The maximum absolute atomic E-state index is 13.5. The zero-order valence-corrected chi connectivity index (χ0v) is 20.6. The molecule has 1 saturated carbocycles. The van der Waals surface area contributed by atoms with Gasteiger partial charge in [-0.3, -0.25) is 14.4 Å². The van der Waals surface area contributed by atoms with Gasteiger partial charge in [-0.2, -0.15) is 0 Å². The van der Waals surface area contributed by atoms with E-state index in [0.717, 1.165) is 43.5 Å². The Kier molecular flexibility index (Phi) is 7.50. The van der Waals surface area contributed by atoms with Gasteiger partial charge in [-0.15, -0.1) is 0 Å². The lowest BCUT2D eigenvalue weighted by molar-refractivity contribution is -0.139. The maximum Gasteiger partial charge on any atom is 0.257 e. The first-order valence-corrected chi connectivity index (χ1v) is 12.6. The third kappa shape index (κ3) is 5.24. The van der Waals surface area contributed by atoms with Gasteiger partial charge in [0.25, 0.3) is 5.91 Å². The Labute approximate surface area is 204 Å². The number of carbonyl (C=O) groups excluding carboxylic acids is 3. The third-order valence-corrected chi connectivity index (χ3v) is 7.16. The van der Waals surface area contributed by atoms with Crippen molar-refractivity contribution in [1.29, 1.82) is 0 Å². The molecule has 8 nitrogen and oxygen atoms in total. The second-order valence-corrected chi connectivity index (χ2v) is 9.74.